The van der Waals surface area contributed by atoms with Crippen molar-refractivity contribution in [1.29, 1.82) is 0 Å². The van der Waals surface area contributed by atoms with E-state index < -0.39 is 62.9 Å². The van der Waals surface area contributed by atoms with Crippen molar-refractivity contribution in [2.24, 2.45) is 0 Å². The van der Waals surface area contributed by atoms with Gasteiger partial charge < -0.3 is 9.47 Å². The zero-order valence-electron chi connectivity index (χ0n) is 24.1. The number of alkyl halides is 6. The summed E-state index contributed by atoms with van der Waals surface area (Å²) in [6.45, 7) is 4.57. The van der Waals surface area contributed by atoms with Crippen LogP contribution in [0.15, 0.2) is 53.4 Å². The van der Waals surface area contributed by atoms with Crippen LogP contribution < -0.4 is 4.74 Å². The Morgan fingerprint density at radius 3 is 2.02 bits per heavy atom. The molecule has 0 spiro atoms. The van der Waals surface area contributed by atoms with Crippen LogP contribution in [0.2, 0.25) is 0 Å². The number of ether oxygens (including phenoxy) is 2. The average Bonchev–Trinajstić information content (AvgIpc) is 3.19. The van der Waals surface area contributed by atoms with Crippen molar-refractivity contribution in [3.63, 3.8) is 0 Å². The molecule has 1 aliphatic rings. The molecule has 238 valence electrons. The molecule has 1 unspecified atom stereocenters. The topological polar surface area (TPSA) is 72.9 Å². The van der Waals surface area contributed by atoms with Crippen LogP contribution in [0.3, 0.4) is 0 Å². The van der Waals surface area contributed by atoms with Gasteiger partial charge in [0.1, 0.15) is 17.7 Å². The van der Waals surface area contributed by atoms with Crippen molar-refractivity contribution >= 4 is 15.9 Å². The predicted octanol–water partition coefficient (Wildman–Crippen LogP) is 8.15. The van der Waals surface area contributed by atoms with Crippen LogP contribution in [0.25, 0.3) is 11.1 Å². The van der Waals surface area contributed by atoms with Gasteiger partial charge in [0.15, 0.2) is 9.84 Å². The van der Waals surface area contributed by atoms with Gasteiger partial charge in [0.05, 0.1) is 35.7 Å². The highest BCUT2D eigenvalue weighted by molar-refractivity contribution is 7.90. The third-order valence-electron chi connectivity index (χ3n) is 7.41. The van der Waals surface area contributed by atoms with E-state index in [1.165, 1.54) is 44.4 Å². The Hall–Kier alpha value is -3.81. The number of cyclic esters (lactones) is 1. The van der Waals surface area contributed by atoms with Gasteiger partial charge in [-0.25, -0.2) is 17.6 Å². The van der Waals surface area contributed by atoms with Gasteiger partial charge in [-0.05, 0) is 71.5 Å². The van der Waals surface area contributed by atoms with Crippen LogP contribution in [0.1, 0.15) is 60.6 Å². The first-order valence-corrected chi connectivity index (χ1v) is 15.1. The van der Waals surface area contributed by atoms with E-state index in [4.69, 9.17) is 9.47 Å². The van der Waals surface area contributed by atoms with E-state index >= 15 is 0 Å². The van der Waals surface area contributed by atoms with E-state index in [1.807, 2.05) is 0 Å². The van der Waals surface area contributed by atoms with E-state index in [1.54, 1.807) is 13.8 Å². The number of hydrogen-bond donors (Lipinski definition) is 0. The second kappa shape index (κ2) is 11.6. The summed E-state index contributed by atoms with van der Waals surface area (Å²) in [7, 11) is -2.45. The summed E-state index contributed by atoms with van der Waals surface area (Å²) in [5.74, 6) is -0.672. The van der Waals surface area contributed by atoms with Gasteiger partial charge in [0, 0.05) is 17.9 Å². The van der Waals surface area contributed by atoms with E-state index in [9.17, 15) is 43.9 Å². The van der Waals surface area contributed by atoms with Crippen molar-refractivity contribution < 1.29 is 53.4 Å². The second-order valence-electron chi connectivity index (χ2n) is 10.8. The Kier molecular flexibility index (Phi) is 8.73. The standard InChI is InChI=1S/C30H28F7NO5S/c1-15(2)23-12-24(26(42-4)13-25(23)31)22-7-6-21(44(5,40)41)10-18(22)14-38-16(3)27(43-28(38)39)17-8-19(29(32,33)34)11-20(9-17)30(35,36)37/h6-13,15-16,27H,14H2,1-5H3/t16?,27-/m0/s1. The summed E-state index contributed by atoms with van der Waals surface area (Å²) in [5.41, 5.74) is -2.33. The molecule has 1 amide bonds. The number of methoxy groups -OCH3 is 1. The predicted molar refractivity (Wildman–Crippen MR) is 146 cm³/mol. The number of halogens is 7. The number of sulfone groups is 1. The Morgan fingerprint density at radius 1 is 0.932 bits per heavy atom. The minimum atomic E-state index is -5.11. The summed E-state index contributed by atoms with van der Waals surface area (Å²) in [4.78, 5) is 14.0. The average molecular weight is 648 g/mol. The quantitative estimate of drug-likeness (QED) is 0.242. The first-order chi connectivity index (χ1) is 20.2. The second-order valence-corrected chi connectivity index (χ2v) is 12.8. The maximum atomic E-state index is 14.8. The van der Waals surface area contributed by atoms with Crippen LogP contribution in [0.4, 0.5) is 35.5 Å². The first kappa shape index (κ1) is 33.1. The Morgan fingerprint density at radius 2 is 1.52 bits per heavy atom. The number of amides is 1. The largest absolute Gasteiger partial charge is 0.496 e. The Labute approximate surface area is 249 Å². The van der Waals surface area contributed by atoms with Gasteiger partial charge in [0.25, 0.3) is 0 Å². The number of carbonyl (C=O) groups excluding carboxylic acids is 1. The molecule has 0 saturated carbocycles. The van der Waals surface area contributed by atoms with Crippen molar-refractivity contribution in [3.8, 4) is 16.9 Å². The van der Waals surface area contributed by atoms with Crippen molar-refractivity contribution in [1.82, 2.24) is 4.90 Å². The molecule has 3 aromatic rings. The van der Waals surface area contributed by atoms with Gasteiger partial charge in [-0.1, -0.05) is 19.9 Å². The molecule has 1 saturated heterocycles. The van der Waals surface area contributed by atoms with Crippen molar-refractivity contribution in [2.45, 2.75) is 62.6 Å². The lowest BCUT2D eigenvalue weighted by atomic mass is 9.93. The van der Waals surface area contributed by atoms with Crippen LogP contribution in [-0.4, -0.2) is 38.8 Å². The number of hydrogen-bond acceptors (Lipinski definition) is 5. The van der Waals surface area contributed by atoms with Gasteiger partial charge in [0.2, 0.25) is 0 Å². The number of rotatable bonds is 7. The highest BCUT2D eigenvalue weighted by Gasteiger charge is 2.43. The van der Waals surface area contributed by atoms with Gasteiger partial charge >= 0.3 is 18.4 Å². The summed E-state index contributed by atoms with van der Waals surface area (Å²) < 4.78 is 131. The maximum Gasteiger partial charge on any atom is 0.416 e. The fourth-order valence-electron chi connectivity index (χ4n) is 5.07. The lowest BCUT2D eigenvalue weighted by Crippen LogP contribution is -2.31. The van der Waals surface area contributed by atoms with Crippen molar-refractivity contribution in [2.75, 3.05) is 13.4 Å². The summed E-state index contributed by atoms with van der Waals surface area (Å²) in [5, 5.41) is 0. The minimum Gasteiger partial charge on any atom is -0.496 e. The molecule has 0 bridgehead atoms. The fourth-order valence-corrected chi connectivity index (χ4v) is 5.75. The molecular formula is C30H28F7NO5S. The Balaban J connectivity index is 1.82. The third-order valence-corrected chi connectivity index (χ3v) is 8.52. The first-order valence-electron chi connectivity index (χ1n) is 13.2. The molecule has 4 rings (SSSR count). The Bertz CT molecular complexity index is 1670. The molecule has 3 aromatic carbocycles. The van der Waals surface area contributed by atoms with Crippen LogP contribution in [0, 0.1) is 5.82 Å². The number of nitrogens with zero attached hydrogens (tertiary/aromatic N) is 1. The van der Waals surface area contributed by atoms with Gasteiger partial charge in [-0.3, -0.25) is 4.90 Å². The highest BCUT2D eigenvalue weighted by Crippen LogP contribution is 2.43. The van der Waals surface area contributed by atoms with Crippen LogP contribution in [-0.2, 0) is 33.5 Å². The van der Waals surface area contributed by atoms with Gasteiger partial charge in [-0.2, -0.15) is 26.3 Å². The molecule has 1 aliphatic heterocycles. The molecule has 1 fully saturated rings. The van der Waals surface area contributed by atoms with Crippen LogP contribution >= 0.6 is 0 Å². The van der Waals surface area contributed by atoms with E-state index in [-0.39, 0.29) is 34.7 Å². The molecular weight excluding hydrogens is 619 g/mol. The lowest BCUT2D eigenvalue weighted by Gasteiger charge is -2.24. The zero-order valence-corrected chi connectivity index (χ0v) is 24.9. The minimum absolute atomic E-state index is 0.0207. The highest BCUT2D eigenvalue weighted by atomic mass is 32.2. The molecule has 1 heterocycles. The monoisotopic (exact) mass is 647 g/mol. The SMILES string of the molecule is COc1cc(F)c(C(C)C)cc1-c1ccc(S(C)(=O)=O)cc1CN1C(=O)O[C@H](c2cc(C(F)(F)F)cc(C(F)(F)F)c2)C1C. The number of carbonyl (C=O) groups is 1. The molecule has 14 heteroatoms. The third kappa shape index (κ3) is 6.64. The van der Waals surface area contributed by atoms with E-state index in [2.05, 4.69) is 0 Å². The molecule has 44 heavy (non-hydrogen) atoms. The smallest absolute Gasteiger partial charge is 0.416 e. The molecule has 0 radical (unpaired) electrons. The maximum absolute atomic E-state index is 14.8. The van der Waals surface area contributed by atoms with Crippen molar-refractivity contribution in [3.05, 3.63) is 82.2 Å². The van der Waals surface area contributed by atoms with Gasteiger partial charge in [-0.15, -0.1) is 0 Å². The van der Waals surface area contributed by atoms with E-state index in [0.29, 0.717) is 28.8 Å². The summed E-state index contributed by atoms with van der Waals surface area (Å²) >= 11 is 0. The molecule has 0 aliphatic carbocycles. The fraction of sp³-hybridized carbons (Fsp3) is 0.367. The molecule has 6 nitrogen and oxygen atoms in total. The molecule has 0 aromatic heterocycles. The molecule has 0 N–H and O–H groups in total. The van der Waals surface area contributed by atoms with E-state index in [0.717, 1.165) is 11.2 Å². The summed E-state index contributed by atoms with van der Waals surface area (Å²) in [6.07, 6.45) is -11.8. The zero-order chi connectivity index (χ0) is 32.9. The molecule has 2 atom stereocenters. The van der Waals surface area contributed by atoms with Crippen LogP contribution in [0.5, 0.6) is 5.75 Å². The normalized spacial score (nSPS) is 17.8. The number of benzene rings is 3. The lowest BCUT2D eigenvalue weighted by molar-refractivity contribution is -0.143. The summed E-state index contributed by atoms with van der Waals surface area (Å²) in [6, 6.07) is 6.68.